The second-order valence-corrected chi connectivity index (χ2v) is 5.16. The van der Waals surface area contributed by atoms with Crippen molar-refractivity contribution in [2.75, 3.05) is 20.3 Å². The highest BCUT2D eigenvalue weighted by Gasteiger charge is 2.41. The van der Waals surface area contributed by atoms with E-state index in [1.165, 1.54) is 6.08 Å². The SMILES string of the molecule is COCCCOC1C=C(C(=O)O)NC2C(F)=CC(F)CC12. The molecule has 0 fully saturated rings. The summed E-state index contributed by atoms with van der Waals surface area (Å²) in [5, 5.41) is 11.7. The Balaban J connectivity index is 2.12. The largest absolute Gasteiger partial charge is 0.477 e. The number of rotatable bonds is 6. The Morgan fingerprint density at radius 2 is 2.24 bits per heavy atom. The second-order valence-electron chi connectivity index (χ2n) is 5.16. The number of allylic oxidation sites excluding steroid dienone is 1. The van der Waals surface area contributed by atoms with Crippen molar-refractivity contribution in [3.63, 3.8) is 0 Å². The van der Waals surface area contributed by atoms with Gasteiger partial charge in [0.1, 0.15) is 17.7 Å². The van der Waals surface area contributed by atoms with Crippen LogP contribution in [0, 0.1) is 5.92 Å². The number of nitrogens with one attached hydrogen (secondary N) is 1. The van der Waals surface area contributed by atoms with Gasteiger partial charge in [-0.25, -0.2) is 13.6 Å². The fourth-order valence-corrected chi connectivity index (χ4v) is 2.68. The molecule has 0 aromatic carbocycles. The molecule has 0 saturated carbocycles. The van der Waals surface area contributed by atoms with Crippen LogP contribution in [-0.4, -0.2) is 49.7 Å². The molecule has 0 bridgehead atoms. The Kier molecular flexibility index (Phi) is 5.30. The van der Waals surface area contributed by atoms with E-state index in [2.05, 4.69) is 5.32 Å². The van der Waals surface area contributed by atoms with E-state index >= 15 is 0 Å². The van der Waals surface area contributed by atoms with Gasteiger partial charge < -0.3 is 19.9 Å². The number of fused-ring (bicyclic) bond motifs is 1. The van der Waals surface area contributed by atoms with E-state index in [9.17, 15) is 13.6 Å². The van der Waals surface area contributed by atoms with Gasteiger partial charge in [-0.05, 0) is 25.0 Å². The summed E-state index contributed by atoms with van der Waals surface area (Å²) in [4.78, 5) is 11.1. The number of methoxy groups -OCH3 is 1. The second kappa shape index (κ2) is 7.00. The fourth-order valence-electron chi connectivity index (χ4n) is 2.68. The zero-order valence-corrected chi connectivity index (χ0v) is 11.7. The molecule has 0 spiro atoms. The molecule has 0 radical (unpaired) electrons. The minimum absolute atomic E-state index is 0.101. The molecule has 2 rings (SSSR count). The summed E-state index contributed by atoms with van der Waals surface area (Å²) in [6.45, 7) is 0.849. The molecule has 0 amide bonds. The molecule has 4 unspecified atom stereocenters. The molecule has 0 aromatic rings. The van der Waals surface area contributed by atoms with Crippen LogP contribution < -0.4 is 5.32 Å². The summed E-state index contributed by atoms with van der Waals surface area (Å²) < 4.78 is 37.9. The van der Waals surface area contributed by atoms with Crippen molar-refractivity contribution in [3.8, 4) is 0 Å². The predicted octanol–water partition coefficient (Wildman–Crippen LogP) is 1.56. The lowest BCUT2D eigenvalue weighted by Gasteiger charge is -2.39. The van der Waals surface area contributed by atoms with Crippen LogP contribution in [0.4, 0.5) is 8.78 Å². The van der Waals surface area contributed by atoms with E-state index in [4.69, 9.17) is 14.6 Å². The quantitative estimate of drug-likeness (QED) is 0.729. The van der Waals surface area contributed by atoms with Crippen LogP contribution in [0.3, 0.4) is 0 Å². The van der Waals surface area contributed by atoms with Gasteiger partial charge in [-0.3, -0.25) is 0 Å². The zero-order chi connectivity index (χ0) is 15.4. The number of carboxylic acid groups (broad SMARTS) is 1. The normalized spacial score (nSPS) is 31.8. The number of ether oxygens (including phenoxy) is 2. The summed E-state index contributed by atoms with van der Waals surface area (Å²) in [6, 6.07) is -0.847. The third kappa shape index (κ3) is 3.79. The van der Waals surface area contributed by atoms with Crippen LogP contribution in [0.1, 0.15) is 12.8 Å². The fraction of sp³-hybridized carbons (Fsp3) is 0.643. The molecular formula is C14H19F2NO4. The topological polar surface area (TPSA) is 67.8 Å². The van der Waals surface area contributed by atoms with Crippen LogP contribution >= 0.6 is 0 Å². The van der Waals surface area contributed by atoms with Crippen molar-refractivity contribution in [1.82, 2.24) is 5.32 Å². The summed E-state index contributed by atoms with van der Waals surface area (Å²) >= 11 is 0. The van der Waals surface area contributed by atoms with Crippen molar-refractivity contribution in [2.24, 2.45) is 5.92 Å². The molecule has 1 heterocycles. The standard InChI is InChI=1S/C14H19F2NO4/c1-20-3-2-4-21-12-7-11(14(18)19)17-13-9(12)5-8(15)6-10(13)16/h6-9,12-13,17H,2-5H2,1H3,(H,18,19). The number of hydrogen-bond acceptors (Lipinski definition) is 4. The molecule has 1 aliphatic carbocycles. The Bertz CT molecular complexity index is 452. The van der Waals surface area contributed by atoms with Crippen LogP contribution in [-0.2, 0) is 14.3 Å². The Labute approximate surface area is 121 Å². The first-order valence-corrected chi connectivity index (χ1v) is 6.86. The van der Waals surface area contributed by atoms with Gasteiger partial charge in [0.25, 0.3) is 0 Å². The first kappa shape index (κ1) is 15.9. The highest BCUT2D eigenvalue weighted by atomic mass is 19.1. The monoisotopic (exact) mass is 303 g/mol. The molecule has 21 heavy (non-hydrogen) atoms. The van der Waals surface area contributed by atoms with Crippen molar-refractivity contribution in [3.05, 3.63) is 23.7 Å². The first-order valence-electron chi connectivity index (χ1n) is 6.86. The minimum atomic E-state index is -1.38. The number of carbonyl (C=O) groups is 1. The van der Waals surface area contributed by atoms with E-state index in [1.807, 2.05) is 0 Å². The number of hydrogen-bond donors (Lipinski definition) is 2. The summed E-state index contributed by atoms with van der Waals surface area (Å²) in [5.74, 6) is -2.32. The molecule has 0 saturated heterocycles. The molecule has 1 aliphatic heterocycles. The first-order chi connectivity index (χ1) is 10.0. The Hall–Kier alpha value is -1.47. The van der Waals surface area contributed by atoms with E-state index in [0.717, 1.165) is 6.08 Å². The number of alkyl halides is 1. The molecule has 118 valence electrons. The third-order valence-electron chi connectivity index (χ3n) is 3.66. The maximum Gasteiger partial charge on any atom is 0.351 e. The highest BCUT2D eigenvalue weighted by Crippen LogP contribution is 2.35. The minimum Gasteiger partial charge on any atom is -0.477 e. The zero-order valence-electron chi connectivity index (χ0n) is 11.7. The molecule has 5 nitrogen and oxygen atoms in total. The lowest BCUT2D eigenvalue weighted by Crippen LogP contribution is -2.50. The lowest BCUT2D eigenvalue weighted by molar-refractivity contribution is -0.133. The Morgan fingerprint density at radius 3 is 2.90 bits per heavy atom. The van der Waals surface area contributed by atoms with Gasteiger partial charge >= 0.3 is 5.97 Å². The molecule has 0 aromatic heterocycles. The average Bonchev–Trinajstić information content (AvgIpc) is 2.43. The van der Waals surface area contributed by atoms with E-state index < -0.39 is 36.0 Å². The van der Waals surface area contributed by atoms with Crippen LogP contribution in [0.5, 0.6) is 0 Å². The smallest absolute Gasteiger partial charge is 0.351 e. The lowest BCUT2D eigenvalue weighted by atomic mass is 9.80. The molecule has 2 aliphatic rings. The van der Waals surface area contributed by atoms with Crippen LogP contribution in [0.2, 0.25) is 0 Å². The summed E-state index contributed by atoms with van der Waals surface area (Å²) in [6.07, 6.45) is 1.01. The number of halogens is 2. The molecule has 2 N–H and O–H groups in total. The van der Waals surface area contributed by atoms with Gasteiger partial charge in [0.15, 0.2) is 0 Å². The van der Waals surface area contributed by atoms with Gasteiger partial charge in [0.2, 0.25) is 0 Å². The van der Waals surface area contributed by atoms with E-state index in [-0.39, 0.29) is 12.1 Å². The number of carboxylic acids is 1. The van der Waals surface area contributed by atoms with Crippen molar-refractivity contribution < 1.29 is 28.2 Å². The van der Waals surface area contributed by atoms with Gasteiger partial charge in [0.05, 0.1) is 12.1 Å². The maximum atomic E-state index is 13.9. The van der Waals surface area contributed by atoms with Crippen molar-refractivity contribution in [1.29, 1.82) is 0 Å². The van der Waals surface area contributed by atoms with Crippen LogP contribution in [0.15, 0.2) is 23.7 Å². The van der Waals surface area contributed by atoms with E-state index in [1.54, 1.807) is 7.11 Å². The maximum absolute atomic E-state index is 13.9. The van der Waals surface area contributed by atoms with Gasteiger partial charge in [-0.2, -0.15) is 0 Å². The third-order valence-corrected chi connectivity index (χ3v) is 3.66. The molecule has 7 heteroatoms. The highest BCUT2D eigenvalue weighted by molar-refractivity contribution is 5.86. The van der Waals surface area contributed by atoms with Gasteiger partial charge in [-0.15, -0.1) is 0 Å². The predicted molar refractivity (Wildman–Crippen MR) is 71.1 cm³/mol. The van der Waals surface area contributed by atoms with Gasteiger partial charge in [-0.1, -0.05) is 0 Å². The van der Waals surface area contributed by atoms with Crippen molar-refractivity contribution in [2.45, 2.75) is 31.2 Å². The Morgan fingerprint density at radius 1 is 1.48 bits per heavy atom. The number of aliphatic carboxylic acids is 1. The van der Waals surface area contributed by atoms with Crippen molar-refractivity contribution >= 4 is 5.97 Å². The molecule has 4 atom stereocenters. The summed E-state index contributed by atoms with van der Waals surface area (Å²) in [7, 11) is 1.57. The van der Waals surface area contributed by atoms with Crippen LogP contribution in [0.25, 0.3) is 0 Å². The molecular weight excluding hydrogens is 284 g/mol. The van der Waals surface area contributed by atoms with E-state index in [0.29, 0.717) is 19.6 Å². The average molecular weight is 303 g/mol. The summed E-state index contributed by atoms with van der Waals surface area (Å²) in [5.41, 5.74) is -0.117. The van der Waals surface area contributed by atoms with Gasteiger partial charge in [0, 0.05) is 26.2 Å².